The molecule has 2 atom stereocenters. The first-order valence-corrected chi connectivity index (χ1v) is 7.35. The molecule has 0 aliphatic carbocycles. The van der Waals surface area contributed by atoms with Crippen molar-refractivity contribution in [3.63, 3.8) is 0 Å². The fourth-order valence-electron chi connectivity index (χ4n) is 2.69. The molecule has 21 heavy (non-hydrogen) atoms. The zero-order valence-electron chi connectivity index (χ0n) is 12.6. The standard InChI is InChI=1S/C16H23FN2O2/c1-12(14-3-5-15(17)6-4-14)18(2)16(21)10-19-8-7-13(9-19)11-20/h3-6,12-13,20H,7-11H2,1-2H3. The number of nitrogens with zero attached hydrogens (tertiary/aromatic N) is 2. The van der Waals surface area contributed by atoms with Crippen LogP contribution in [-0.2, 0) is 4.79 Å². The van der Waals surface area contributed by atoms with Gasteiger partial charge in [0.25, 0.3) is 0 Å². The summed E-state index contributed by atoms with van der Waals surface area (Å²) in [4.78, 5) is 16.1. The second-order valence-electron chi connectivity index (χ2n) is 5.80. The van der Waals surface area contributed by atoms with Crippen LogP contribution in [0.2, 0.25) is 0 Å². The van der Waals surface area contributed by atoms with Crippen LogP contribution in [0.1, 0.15) is 24.9 Å². The molecule has 0 radical (unpaired) electrons. The zero-order chi connectivity index (χ0) is 15.4. The fraction of sp³-hybridized carbons (Fsp3) is 0.562. The Morgan fingerprint density at radius 3 is 2.71 bits per heavy atom. The molecule has 1 heterocycles. The van der Waals surface area contributed by atoms with Gasteiger partial charge in [-0.1, -0.05) is 12.1 Å². The Hall–Kier alpha value is -1.46. The average Bonchev–Trinajstić information content (AvgIpc) is 2.94. The van der Waals surface area contributed by atoms with Gasteiger partial charge in [0.1, 0.15) is 5.82 Å². The number of likely N-dealkylation sites (N-methyl/N-ethyl adjacent to an activating group) is 1. The van der Waals surface area contributed by atoms with Crippen LogP contribution >= 0.6 is 0 Å². The lowest BCUT2D eigenvalue weighted by molar-refractivity contribution is -0.132. The smallest absolute Gasteiger partial charge is 0.236 e. The second kappa shape index (κ2) is 7.00. The molecular weight excluding hydrogens is 271 g/mol. The normalized spacial score (nSPS) is 20.5. The molecule has 2 unspecified atom stereocenters. The lowest BCUT2D eigenvalue weighted by atomic mass is 10.1. The van der Waals surface area contributed by atoms with Crippen molar-refractivity contribution < 1.29 is 14.3 Å². The Morgan fingerprint density at radius 1 is 1.48 bits per heavy atom. The summed E-state index contributed by atoms with van der Waals surface area (Å²) < 4.78 is 12.9. The summed E-state index contributed by atoms with van der Waals surface area (Å²) in [5, 5.41) is 9.13. The fourth-order valence-corrected chi connectivity index (χ4v) is 2.69. The van der Waals surface area contributed by atoms with Gasteiger partial charge in [-0.2, -0.15) is 0 Å². The lowest BCUT2D eigenvalue weighted by Crippen LogP contribution is -2.38. The van der Waals surface area contributed by atoms with Gasteiger partial charge in [0.15, 0.2) is 0 Å². The number of hydrogen-bond donors (Lipinski definition) is 1. The maximum Gasteiger partial charge on any atom is 0.236 e. The summed E-state index contributed by atoms with van der Waals surface area (Å²) in [7, 11) is 1.77. The minimum Gasteiger partial charge on any atom is -0.396 e. The van der Waals surface area contributed by atoms with Crippen molar-refractivity contribution in [2.24, 2.45) is 5.92 Å². The highest BCUT2D eigenvalue weighted by molar-refractivity contribution is 5.78. The van der Waals surface area contributed by atoms with Gasteiger partial charge in [-0.15, -0.1) is 0 Å². The molecule has 1 amide bonds. The molecule has 0 spiro atoms. The number of halogens is 1. The number of carbonyl (C=O) groups excluding carboxylic acids is 1. The molecule has 1 fully saturated rings. The van der Waals surface area contributed by atoms with E-state index in [1.807, 2.05) is 6.92 Å². The van der Waals surface area contributed by atoms with Crippen molar-refractivity contribution in [1.29, 1.82) is 0 Å². The van der Waals surface area contributed by atoms with Gasteiger partial charge in [-0.05, 0) is 43.5 Å². The zero-order valence-corrected chi connectivity index (χ0v) is 12.6. The summed E-state index contributed by atoms with van der Waals surface area (Å²) >= 11 is 0. The monoisotopic (exact) mass is 294 g/mol. The average molecular weight is 294 g/mol. The molecule has 1 aliphatic heterocycles. The van der Waals surface area contributed by atoms with Crippen molar-refractivity contribution in [3.8, 4) is 0 Å². The van der Waals surface area contributed by atoms with E-state index >= 15 is 0 Å². The highest BCUT2D eigenvalue weighted by atomic mass is 19.1. The number of hydrogen-bond acceptors (Lipinski definition) is 3. The number of aliphatic hydroxyl groups excluding tert-OH is 1. The molecule has 1 saturated heterocycles. The van der Waals surface area contributed by atoms with Crippen molar-refractivity contribution >= 4 is 5.91 Å². The molecule has 1 N–H and O–H groups in total. The summed E-state index contributed by atoms with van der Waals surface area (Å²) in [5.74, 6) is 0.0649. The van der Waals surface area contributed by atoms with E-state index in [1.54, 1.807) is 24.1 Å². The Morgan fingerprint density at radius 2 is 2.14 bits per heavy atom. The lowest BCUT2D eigenvalue weighted by Gasteiger charge is -2.27. The van der Waals surface area contributed by atoms with E-state index < -0.39 is 0 Å². The van der Waals surface area contributed by atoms with E-state index in [-0.39, 0.29) is 30.3 Å². The van der Waals surface area contributed by atoms with Crippen molar-refractivity contribution in [2.45, 2.75) is 19.4 Å². The van der Waals surface area contributed by atoms with Gasteiger partial charge >= 0.3 is 0 Å². The minimum absolute atomic E-state index is 0.0467. The van der Waals surface area contributed by atoms with Crippen LogP contribution < -0.4 is 0 Å². The van der Waals surface area contributed by atoms with Gasteiger partial charge in [-0.25, -0.2) is 4.39 Å². The third kappa shape index (κ3) is 4.02. The largest absolute Gasteiger partial charge is 0.396 e. The van der Waals surface area contributed by atoms with Crippen molar-refractivity contribution in [3.05, 3.63) is 35.6 Å². The number of benzene rings is 1. The molecule has 1 aliphatic rings. The van der Waals surface area contributed by atoms with Crippen LogP contribution in [0.5, 0.6) is 0 Å². The van der Waals surface area contributed by atoms with Crippen LogP contribution in [0.25, 0.3) is 0 Å². The van der Waals surface area contributed by atoms with E-state index in [0.29, 0.717) is 6.54 Å². The van der Waals surface area contributed by atoms with E-state index in [1.165, 1.54) is 12.1 Å². The van der Waals surface area contributed by atoms with Crippen LogP contribution in [-0.4, -0.2) is 54.1 Å². The number of carbonyl (C=O) groups is 1. The Labute approximate surface area is 125 Å². The highest BCUT2D eigenvalue weighted by Gasteiger charge is 2.25. The Bertz CT molecular complexity index is 478. The minimum atomic E-state index is -0.271. The van der Waals surface area contributed by atoms with E-state index in [9.17, 15) is 9.18 Å². The van der Waals surface area contributed by atoms with Gasteiger partial charge in [-0.3, -0.25) is 9.69 Å². The first-order chi connectivity index (χ1) is 10.0. The number of aliphatic hydroxyl groups is 1. The quantitative estimate of drug-likeness (QED) is 0.898. The maximum absolute atomic E-state index is 12.9. The first-order valence-electron chi connectivity index (χ1n) is 7.35. The number of amides is 1. The molecule has 0 aromatic heterocycles. The van der Waals surface area contributed by atoms with Crippen LogP contribution in [0, 0.1) is 11.7 Å². The maximum atomic E-state index is 12.9. The molecular formula is C16H23FN2O2. The molecule has 116 valence electrons. The van der Waals surface area contributed by atoms with E-state index in [4.69, 9.17) is 5.11 Å². The van der Waals surface area contributed by atoms with Gasteiger partial charge in [0.05, 0.1) is 12.6 Å². The molecule has 0 bridgehead atoms. The molecule has 2 rings (SSSR count). The third-order valence-electron chi connectivity index (χ3n) is 4.31. The summed E-state index contributed by atoms with van der Waals surface area (Å²) in [5.41, 5.74) is 0.918. The summed E-state index contributed by atoms with van der Waals surface area (Å²) in [6.07, 6.45) is 0.945. The van der Waals surface area contributed by atoms with Gasteiger partial charge in [0, 0.05) is 20.2 Å². The van der Waals surface area contributed by atoms with Gasteiger partial charge < -0.3 is 10.0 Å². The molecule has 4 nitrogen and oxygen atoms in total. The predicted octanol–water partition coefficient (Wildman–Crippen LogP) is 1.66. The molecule has 0 saturated carbocycles. The second-order valence-corrected chi connectivity index (χ2v) is 5.80. The molecule has 5 heteroatoms. The van der Waals surface area contributed by atoms with E-state index in [2.05, 4.69) is 4.90 Å². The van der Waals surface area contributed by atoms with Crippen molar-refractivity contribution in [2.75, 3.05) is 33.3 Å². The summed E-state index contributed by atoms with van der Waals surface area (Å²) in [6, 6.07) is 6.16. The topological polar surface area (TPSA) is 43.8 Å². The third-order valence-corrected chi connectivity index (χ3v) is 4.31. The van der Waals surface area contributed by atoms with E-state index in [0.717, 1.165) is 25.1 Å². The Kier molecular flexibility index (Phi) is 5.31. The first kappa shape index (κ1) is 15.9. The predicted molar refractivity (Wildman–Crippen MR) is 79.2 cm³/mol. The van der Waals surface area contributed by atoms with Crippen LogP contribution in [0.3, 0.4) is 0 Å². The van der Waals surface area contributed by atoms with Gasteiger partial charge in [0.2, 0.25) is 5.91 Å². The highest BCUT2D eigenvalue weighted by Crippen LogP contribution is 2.20. The van der Waals surface area contributed by atoms with Crippen molar-refractivity contribution in [1.82, 2.24) is 9.80 Å². The number of rotatable bonds is 5. The molecule has 1 aromatic carbocycles. The Balaban J connectivity index is 1.91. The van der Waals surface area contributed by atoms with Crippen LogP contribution in [0.4, 0.5) is 4.39 Å². The van der Waals surface area contributed by atoms with Crippen LogP contribution in [0.15, 0.2) is 24.3 Å². The SMILES string of the molecule is CC(c1ccc(F)cc1)N(C)C(=O)CN1CCC(CO)C1. The molecule has 1 aromatic rings. The number of likely N-dealkylation sites (tertiary alicyclic amines) is 1. The summed E-state index contributed by atoms with van der Waals surface area (Å²) in [6.45, 7) is 4.13.